The van der Waals surface area contributed by atoms with Crippen molar-refractivity contribution >= 4 is 28.6 Å². The quantitative estimate of drug-likeness (QED) is 0.347. The van der Waals surface area contributed by atoms with E-state index >= 15 is 0 Å². The number of aryl methyl sites for hydroxylation is 1. The molecule has 0 bridgehead atoms. The van der Waals surface area contributed by atoms with Crippen LogP contribution in [0.4, 0.5) is 20.2 Å². The van der Waals surface area contributed by atoms with E-state index in [1.165, 1.54) is 29.0 Å². The van der Waals surface area contributed by atoms with E-state index in [0.29, 0.717) is 16.2 Å². The van der Waals surface area contributed by atoms with Crippen molar-refractivity contribution in [3.63, 3.8) is 0 Å². The van der Waals surface area contributed by atoms with Crippen molar-refractivity contribution in [2.75, 3.05) is 11.9 Å². The maximum atomic E-state index is 14.4. The largest absolute Gasteiger partial charge is 0.482 e. The minimum absolute atomic E-state index is 0.00637. The molecule has 2 heterocycles. The molecule has 8 heteroatoms. The number of thiazole rings is 1. The summed E-state index contributed by atoms with van der Waals surface area (Å²) in [6.07, 6.45) is 1.69. The summed E-state index contributed by atoms with van der Waals surface area (Å²) in [7, 11) is 0. The molecule has 1 aromatic heterocycles. The summed E-state index contributed by atoms with van der Waals surface area (Å²) in [6, 6.07) is 19.3. The van der Waals surface area contributed by atoms with Crippen molar-refractivity contribution < 1.29 is 18.3 Å². The highest BCUT2D eigenvalue weighted by Gasteiger charge is 2.20. The van der Waals surface area contributed by atoms with Crippen LogP contribution in [0.3, 0.4) is 0 Å². The Morgan fingerprint density at radius 1 is 1.11 bits per heavy atom. The lowest BCUT2D eigenvalue weighted by Crippen LogP contribution is -2.25. The first kappa shape index (κ1) is 23.0. The van der Waals surface area contributed by atoms with Gasteiger partial charge in [0.2, 0.25) is 0 Å². The van der Waals surface area contributed by atoms with Gasteiger partial charge < -0.3 is 14.6 Å². The second-order valence-corrected chi connectivity index (χ2v) is 9.24. The zero-order valence-corrected chi connectivity index (χ0v) is 19.8. The molecule has 178 valence electrons. The fraction of sp³-hybridized carbons (Fsp3) is 0.185. The van der Waals surface area contributed by atoms with Crippen molar-refractivity contribution in [2.24, 2.45) is 4.99 Å². The van der Waals surface area contributed by atoms with E-state index in [4.69, 9.17) is 4.74 Å². The normalized spacial score (nSPS) is 14.3. The lowest BCUT2D eigenvalue weighted by atomic mass is 10.0. The van der Waals surface area contributed by atoms with Crippen LogP contribution in [-0.4, -0.2) is 17.1 Å². The van der Waals surface area contributed by atoms with E-state index in [9.17, 15) is 13.6 Å². The Bertz CT molecular complexity index is 1450. The van der Waals surface area contributed by atoms with Gasteiger partial charge in [0.25, 0.3) is 5.91 Å². The van der Waals surface area contributed by atoms with Gasteiger partial charge in [-0.25, -0.2) is 13.8 Å². The molecule has 4 aromatic rings. The second kappa shape index (κ2) is 9.84. The minimum Gasteiger partial charge on any atom is -0.482 e. The van der Waals surface area contributed by atoms with Crippen LogP contribution in [0.5, 0.6) is 5.75 Å². The standard InChI is InChI=1S/C27H23F2N3O2S/c1-17(7-8-18-5-3-2-4-6-18)32-24(19-9-12-25-23(13-19)30-26(33)15-34-25)16-35-27(32)31-22-11-10-20(28)14-21(22)29/h2-6,9-14,16-17H,7-8,15H2,1H3,(H,30,33). The van der Waals surface area contributed by atoms with E-state index < -0.39 is 11.6 Å². The van der Waals surface area contributed by atoms with Crippen molar-refractivity contribution in [3.05, 3.63) is 94.1 Å². The Labute approximate surface area is 205 Å². The summed E-state index contributed by atoms with van der Waals surface area (Å²) >= 11 is 1.38. The lowest BCUT2D eigenvalue weighted by molar-refractivity contribution is -0.118. The highest BCUT2D eigenvalue weighted by Crippen LogP contribution is 2.34. The van der Waals surface area contributed by atoms with Gasteiger partial charge in [0.1, 0.15) is 17.3 Å². The van der Waals surface area contributed by atoms with Gasteiger partial charge in [0, 0.05) is 23.1 Å². The summed E-state index contributed by atoms with van der Waals surface area (Å²) in [6.45, 7) is 2.09. The number of benzene rings is 3. The van der Waals surface area contributed by atoms with Gasteiger partial charge in [-0.2, -0.15) is 0 Å². The molecule has 0 fully saturated rings. The summed E-state index contributed by atoms with van der Waals surface area (Å²) in [5, 5.41) is 4.81. The predicted molar refractivity (Wildman–Crippen MR) is 133 cm³/mol. The van der Waals surface area contributed by atoms with Gasteiger partial charge in [-0.1, -0.05) is 30.3 Å². The highest BCUT2D eigenvalue weighted by atomic mass is 32.1. The Hall–Kier alpha value is -3.78. The van der Waals surface area contributed by atoms with E-state index in [0.717, 1.165) is 30.2 Å². The predicted octanol–water partition coefficient (Wildman–Crippen LogP) is 6.25. The fourth-order valence-electron chi connectivity index (χ4n) is 4.11. The number of hydrogen-bond donors (Lipinski definition) is 1. The average molecular weight is 492 g/mol. The molecule has 5 nitrogen and oxygen atoms in total. The number of carbonyl (C=O) groups excluding carboxylic acids is 1. The topological polar surface area (TPSA) is 55.6 Å². The molecule has 5 rings (SSSR count). The fourth-order valence-corrected chi connectivity index (χ4v) is 5.11. The van der Waals surface area contributed by atoms with Crippen LogP contribution in [0.15, 0.2) is 77.1 Å². The van der Waals surface area contributed by atoms with Crippen LogP contribution < -0.4 is 14.9 Å². The maximum Gasteiger partial charge on any atom is 0.262 e. The Morgan fingerprint density at radius 3 is 2.74 bits per heavy atom. The zero-order valence-electron chi connectivity index (χ0n) is 19.0. The number of rotatable bonds is 6. The Morgan fingerprint density at radius 2 is 1.94 bits per heavy atom. The summed E-state index contributed by atoms with van der Waals surface area (Å²) in [5.74, 6) is -0.940. The number of amides is 1. The second-order valence-electron chi connectivity index (χ2n) is 8.40. The smallest absolute Gasteiger partial charge is 0.262 e. The van der Waals surface area contributed by atoms with E-state index in [-0.39, 0.29) is 24.2 Å². The highest BCUT2D eigenvalue weighted by molar-refractivity contribution is 7.07. The van der Waals surface area contributed by atoms with E-state index in [1.807, 2.05) is 41.8 Å². The van der Waals surface area contributed by atoms with E-state index in [1.54, 1.807) is 0 Å². The minimum atomic E-state index is -0.711. The first-order valence-corrected chi connectivity index (χ1v) is 12.2. The molecule has 0 aliphatic carbocycles. The molecule has 0 radical (unpaired) electrons. The zero-order chi connectivity index (χ0) is 24.4. The maximum absolute atomic E-state index is 14.4. The summed E-state index contributed by atoms with van der Waals surface area (Å²) in [4.78, 5) is 17.0. The molecular weight excluding hydrogens is 468 g/mol. The van der Waals surface area contributed by atoms with Crippen molar-refractivity contribution in [1.82, 2.24) is 4.57 Å². The average Bonchev–Trinajstić information content (AvgIpc) is 3.28. The molecule has 3 aromatic carbocycles. The molecule has 0 spiro atoms. The Balaban J connectivity index is 1.57. The number of anilines is 1. The van der Waals surface area contributed by atoms with Gasteiger partial charge in [0.15, 0.2) is 17.2 Å². The molecule has 1 amide bonds. The van der Waals surface area contributed by atoms with Crippen LogP contribution in [0.25, 0.3) is 11.3 Å². The van der Waals surface area contributed by atoms with Gasteiger partial charge >= 0.3 is 0 Å². The van der Waals surface area contributed by atoms with Crippen LogP contribution >= 0.6 is 11.3 Å². The molecule has 0 saturated heterocycles. The molecule has 35 heavy (non-hydrogen) atoms. The van der Waals surface area contributed by atoms with Crippen LogP contribution in [0, 0.1) is 11.6 Å². The van der Waals surface area contributed by atoms with Crippen molar-refractivity contribution in [1.29, 1.82) is 0 Å². The van der Waals surface area contributed by atoms with Gasteiger partial charge in [0.05, 0.1) is 11.4 Å². The molecule has 1 aliphatic heterocycles. The number of nitrogens with one attached hydrogen (secondary N) is 1. The van der Waals surface area contributed by atoms with Gasteiger partial charge in [-0.15, -0.1) is 11.3 Å². The molecule has 1 unspecified atom stereocenters. The first-order chi connectivity index (χ1) is 17.0. The van der Waals surface area contributed by atoms with Crippen LogP contribution in [0.1, 0.15) is 24.9 Å². The molecule has 1 N–H and O–H groups in total. The molecule has 1 atom stereocenters. The summed E-state index contributed by atoms with van der Waals surface area (Å²) < 4.78 is 35.4. The molecule has 0 saturated carbocycles. The van der Waals surface area contributed by atoms with Crippen LogP contribution in [-0.2, 0) is 11.2 Å². The number of nitrogens with zero attached hydrogens (tertiary/aromatic N) is 2. The molecular formula is C27H23F2N3O2S. The number of hydrogen-bond acceptors (Lipinski definition) is 4. The van der Waals surface area contributed by atoms with Gasteiger partial charge in [-0.05, 0) is 55.7 Å². The lowest BCUT2D eigenvalue weighted by Gasteiger charge is -2.21. The third-order valence-electron chi connectivity index (χ3n) is 5.91. The monoisotopic (exact) mass is 491 g/mol. The third-order valence-corrected chi connectivity index (χ3v) is 6.75. The Kier molecular flexibility index (Phi) is 6.46. The number of fused-ring (bicyclic) bond motifs is 1. The third kappa shape index (κ3) is 5.02. The van der Waals surface area contributed by atoms with Gasteiger partial charge in [-0.3, -0.25) is 4.79 Å². The van der Waals surface area contributed by atoms with Crippen molar-refractivity contribution in [2.45, 2.75) is 25.8 Å². The SMILES string of the molecule is CC(CCc1ccccc1)n1c(-c2ccc3c(c2)NC(=O)CO3)csc1=Nc1ccc(F)cc1F. The van der Waals surface area contributed by atoms with E-state index in [2.05, 4.69) is 33.9 Å². The van der Waals surface area contributed by atoms with Crippen LogP contribution in [0.2, 0.25) is 0 Å². The number of ether oxygens (including phenoxy) is 1. The first-order valence-electron chi connectivity index (χ1n) is 11.3. The number of aromatic nitrogens is 1. The number of halogens is 2. The van der Waals surface area contributed by atoms with Crippen molar-refractivity contribution in [3.8, 4) is 17.0 Å². The number of carbonyl (C=O) groups is 1. The summed E-state index contributed by atoms with van der Waals surface area (Å²) in [5.41, 5.74) is 3.68. The molecule has 1 aliphatic rings.